The first-order chi connectivity index (χ1) is 22.3. The number of para-hydroxylation sites is 2. The fourth-order valence-corrected chi connectivity index (χ4v) is 8.77. The van der Waals surface area contributed by atoms with E-state index in [1.165, 1.54) is 80.7 Å². The van der Waals surface area contributed by atoms with Crippen LogP contribution in [-0.2, 0) is 0 Å². The molecule has 2 nitrogen and oxygen atoms in total. The predicted octanol–water partition coefficient (Wildman–Crippen LogP) is 11.8. The zero-order valence-electron chi connectivity index (χ0n) is 24.5. The Kier molecular flexibility index (Phi) is 5.31. The molecule has 0 spiro atoms. The number of nitrogens with zero attached hydrogens (tertiary/aromatic N) is 2. The highest BCUT2D eigenvalue weighted by atomic mass is 32.1. The highest BCUT2D eigenvalue weighted by Crippen LogP contribution is 2.44. The van der Waals surface area contributed by atoms with Gasteiger partial charge in [0.15, 0.2) is 0 Å². The third-order valence-corrected chi connectivity index (χ3v) is 10.8. The lowest BCUT2D eigenvalue weighted by atomic mass is 9.92. The maximum absolute atomic E-state index is 2.51. The van der Waals surface area contributed by atoms with Crippen molar-refractivity contribution in [1.29, 1.82) is 0 Å². The molecular formula is C42H28N2S. The largest absolute Gasteiger partial charge is 0.309 e. The van der Waals surface area contributed by atoms with Crippen LogP contribution in [-0.4, -0.2) is 9.13 Å². The highest BCUT2D eigenvalue weighted by molar-refractivity contribution is 7.25. The van der Waals surface area contributed by atoms with Crippen molar-refractivity contribution >= 4 is 80.8 Å². The summed E-state index contributed by atoms with van der Waals surface area (Å²) in [5.74, 6) is 0.397. The van der Waals surface area contributed by atoms with Crippen LogP contribution in [0.5, 0.6) is 0 Å². The lowest BCUT2D eigenvalue weighted by Gasteiger charge is -2.19. The summed E-state index contributed by atoms with van der Waals surface area (Å²) in [5.41, 5.74) is 8.80. The summed E-state index contributed by atoms with van der Waals surface area (Å²) >= 11 is 1.88. The molecule has 3 heterocycles. The SMILES string of the molecule is C1=CC(c2ccccc2)CC=C1n1c2ccccc2c2ccc3c(c4ccccc4n3-c3ccc4c(c3)sc3ccccc34)c21. The van der Waals surface area contributed by atoms with Crippen LogP contribution in [0.25, 0.3) is 75.2 Å². The van der Waals surface area contributed by atoms with Gasteiger partial charge in [-0.05, 0) is 54.5 Å². The third-order valence-electron chi connectivity index (χ3n) is 9.66. The molecule has 0 bridgehead atoms. The van der Waals surface area contributed by atoms with Gasteiger partial charge in [0.1, 0.15) is 0 Å². The number of aromatic nitrogens is 2. The normalized spacial score (nSPS) is 15.3. The standard InChI is InChI=1S/C42H28N2S/c1-2-10-27(11-3-1)28-18-20-29(21-19-28)44-36-15-7-4-12-31(36)34-24-25-38-41(42(34)44)35-14-5-8-16-37(35)43(38)30-22-23-33-32-13-6-9-17-39(32)45-40(33)26-30/h1-18,20-26,28H,19H2. The van der Waals surface area contributed by atoms with Crippen LogP contribution in [0.15, 0.2) is 152 Å². The summed E-state index contributed by atoms with van der Waals surface area (Å²) in [5, 5.41) is 7.82. The van der Waals surface area contributed by atoms with E-state index in [0.717, 1.165) is 6.42 Å². The first kappa shape index (κ1) is 25.0. The molecule has 0 saturated heterocycles. The van der Waals surface area contributed by atoms with E-state index in [2.05, 4.69) is 161 Å². The summed E-state index contributed by atoms with van der Waals surface area (Å²) in [6, 6.07) is 49.0. The Bertz CT molecular complexity index is 2680. The number of benzene rings is 6. The molecule has 45 heavy (non-hydrogen) atoms. The van der Waals surface area contributed by atoms with E-state index in [0.29, 0.717) is 5.92 Å². The third kappa shape index (κ3) is 3.62. The van der Waals surface area contributed by atoms with Crippen molar-refractivity contribution in [2.45, 2.75) is 12.3 Å². The number of hydrogen-bond donors (Lipinski definition) is 0. The molecular weight excluding hydrogens is 565 g/mol. The van der Waals surface area contributed by atoms with E-state index in [1.54, 1.807) is 0 Å². The number of hydrogen-bond acceptors (Lipinski definition) is 1. The maximum Gasteiger partial charge on any atom is 0.0641 e. The molecule has 0 saturated carbocycles. The van der Waals surface area contributed by atoms with E-state index in [4.69, 9.17) is 0 Å². The minimum Gasteiger partial charge on any atom is -0.309 e. The van der Waals surface area contributed by atoms with E-state index >= 15 is 0 Å². The van der Waals surface area contributed by atoms with E-state index in [1.807, 2.05) is 11.3 Å². The van der Waals surface area contributed by atoms with Crippen LogP contribution in [0.4, 0.5) is 0 Å². The average molecular weight is 593 g/mol. The van der Waals surface area contributed by atoms with Crippen molar-refractivity contribution in [1.82, 2.24) is 9.13 Å². The molecule has 0 radical (unpaired) electrons. The molecule has 10 rings (SSSR count). The van der Waals surface area contributed by atoms with Crippen LogP contribution < -0.4 is 0 Å². The van der Waals surface area contributed by atoms with Gasteiger partial charge in [0.25, 0.3) is 0 Å². The monoisotopic (exact) mass is 592 g/mol. The Labute approximate surface area is 264 Å². The molecule has 1 unspecified atom stereocenters. The van der Waals surface area contributed by atoms with Crippen molar-refractivity contribution in [3.8, 4) is 5.69 Å². The summed E-state index contributed by atoms with van der Waals surface area (Å²) in [6.45, 7) is 0. The molecule has 3 aromatic heterocycles. The molecule has 0 N–H and O–H groups in total. The topological polar surface area (TPSA) is 9.86 Å². The van der Waals surface area contributed by atoms with Gasteiger partial charge < -0.3 is 9.13 Å². The fourth-order valence-electron chi connectivity index (χ4n) is 7.63. The van der Waals surface area contributed by atoms with Crippen LogP contribution in [0, 0.1) is 0 Å². The minimum absolute atomic E-state index is 0.397. The zero-order valence-corrected chi connectivity index (χ0v) is 25.3. The van der Waals surface area contributed by atoms with Gasteiger partial charge in [-0.25, -0.2) is 0 Å². The first-order valence-corrected chi connectivity index (χ1v) is 16.5. The number of fused-ring (bicyclic) bond motifs is 10. The van der Waals surface area contributed by atoms with Crippen molar-refractivity contribution in [3.05, 3.63) is 157 Å². The summed E-state index contributed by atoms with van der Waals surface area (Å²) in [4.78, 5) is 0. The Morgan fingerprint density at radius 1 is 0.533 bits per heavy atom. The molecule has 6 aromatic carbocycles. The maximum atomic E-state index is 2.51. The van der Waals surface area contributed by atoms with Crippen molar-refractivity contribution in [2.75, 3.05) is 0 Å². The Morgan fingerprint density at radius 2 is 1.22 bits per heavy atom. The minimum atomic E-state index is 0.397. The number of rotatable bonds is 3. The first-order valence-electron chi connectivity index (χ1n) is 15.6. The van der Waals surface area contributed by atoms with Gasteiger partial charge >= 0.3 is 0 Å². The lowest BCUT2D eigenvalue weighted by molar-refractivity contribution is 0.850. The van der Waals surface area contributed by atoms with E-state index in [9.17, 15) is 0 Å². The second kappa shape index (κ2) is 9.56. The Balaban J connectivity index is 1.25. The van der Waals surface area contributed by atoms with Crippen LogP contribution in [0.1, 0.15) is 17.9 Å². The van der Waals surface area contributed by atoms with Gasteiger partial charge in [-0.3, -0.25) is 0 Å². The van der Waals surface area contributed by atoms with Crippen LogP contribution in [0.3, 0.4) is 0 Å². The van der Waals surface area contributed by atoms with Crippen molar-refractivity contribution in [3.63, 3.8) is 0 Å². The smallest absolute Gasteiger partial charge is 0.0641 e. The van der Waals surface area contributed by atoms with E-state index < -0.39 is 0 Å². The second-order valence-corrected chi connectivity index (χ2v) is 13.2. The average Bonchev–Trinajstić information content (AvgIpc) is 3.76. The zero-order chi connectivity index (χ0) is 29.5. The lowest BCUT2D eigenvalue weighted by Crippen LogP contribution is -2.03. The van der Waals surface area contributed by atoms with Gasteiger partial charge in [0.05, 0.1) is 22.1 Å². The summed E-state index contributed by atoms with van der Waals surface area (Å²) < 4.78 is 7.63. The highest BCUT2D eigenvalue weighted by Gasteiger charge is 2.22. The molecule has 0 aliphatic heterocycles. The van der Waals surface area contributed by atoms with Gasteiger partial charge in [0.2, 0.25) is 0 Å². The molecule has 1 atom stereocenters. The van der Waals surface area contributed by atoms with Gasteiger partial charge in [0, 0.05) is 59.0 Å². The molecule has 212 valence electrons. The molecule has 1 aliphatic rings. The Morgan fingerprint density at radius 3 is 2.04 bits per heavy atom. The van der Waals surface area contributed by atoms with Gasteiger partial charge in [-0.15, -0.1) is 11.3 Å². The fraction of sp³-hybridized carbons (Fsp3) is 0.0476. The van der Waals surface area contributed by atoms with E-state index in [-0.39, 0.29) is 0 Å². The summed E-state index contributed by atoms with van der Waals surface area (Å²) in [6.07, 6.45) is 8.13. The summed E-state index contributed by atoms with van der Waals surface area (Å²) in [7, 11) is 0. The second-order valence-electron chi connectivity index (χ2n) is 12.1. The quantitative estimate of drug-likeness (QED) is 0.193. The number of thiophene rings is 1. The van der Waals surface area contributed by atoms with Gasteiger partial charge in [-0.1, -0.05) is 109 Å². The molecule has 1 aliphatic carbocycles. The Hall–Kier alpha value is -5.38. The number of allylic oxidation sites excluding steroid dienone is 4. The molecule has 3 heteroatoms. The van der Waals surface area contributed by atoms with Crippen molar-refractivity contribution < 1.29 is 0 Å². The van der Waals surface area contributed by atoms with Crippen molar-refractivity contribution in [2.24, 2.45) is 0 Å². The molecule has 0 amide bonds. The molecule has 0 fully saturated rings. The van der Waals surface area contributed by atoms with Crippen LogP contribution >= 0.6 is 11.3 Å². The molecule has 9 aromatic rings. The van der Waals surface area contributed by atoms with Crippen LogP contribution in [0.2, 0.25) is 0 Å². The van der Waals surface area contributed by atoms with Gasteiger partial charge in [-0.2, -0.15) is 0 Å². The predicted molar refractivity (Wildman–Crippen MR) is 194 cm³/mol.